The van der Waals surface area contributed by atoms with E-state index in [9.17, 15) is 9.18 Å². The number of carbonyl (C=O) groups is 1. The van der Waals surface area contributed by atoms with Crippen molar-refractivity contribution in [3.05, 3.63) is 60.2 Å². The molecule has 3 heterocycles. The minimum absolute atomic E-state index is 0.142. The first-order valence-corrected chi connectivity index (χ1v) is 10.2. The van der Waals surface area contributed by atoms with E-state index in [2.05, 4.69) is 14.8 Å². The van der Waals surface area contributed by atoms with E-state index in [-0.39, 0.29) is 17.8 Å². The van der Waals surface area contributed by atoms with Crippen molar-refractivity contribution in [2.75, 3.05) is 44.2 Å². The SMILES string of the molecule is O=C(C(c1ccc(F)cc1)N1CCCCC1)N1CCN(c2ccncc2)CC1. The number of halogens is 1. The number of amides is 1. The van der Waals surface area contributed by atoms with Gasteiger partial charge in [0.2, 0.25) is 5.91 Å². The molecule has 0 aliphatic carbocycles. The number of piperidine rings is 1. The lowest BCUT2D eigenvalue weighted by atomic mass is 10.00. The Hall–Kier alpha value is -2.47. The molecule has 5 nitrogen and oxygen atoms in total. The Kier molecular flexibility index (Phi) is 5.86. The molecule has 0 radical (unpaired) electrons. The fourth-order valence-electron chi connectivity index (χ4n) is 4.24. The fraction of sp³-hybridized carbons (Fsp3) is 0.455. The number of anilines is 1. The van der Waals surface area contributed by atoms with Gasteiger partial charge < -0.3 is 9.80 Å². The van der Waals surface area contributed by atoms with Crippen LogP contribution in [0.15, 0.2) is 48.8 Å². The van der Waals surface area contributed by atoms with Crippen molar-refractivity contribution in [3.63, 3.8) is 0 Å². The Morgan fingerprint density at radius 1 is 0.857 bits per heavy atom. The van der Waals surface area contributed by atoms with E-state index in [1.54, 1.807) is 24.5 Å². The zero-order chi connectivity index (χ0) is 19.3. The summed E-state index contributed by atoms with van der Waals surface area (Å²) in [4.78, 5) is 24.1. The summed E-state index contributed by atoms with van der Waals surface area (Å²) in [5.41, 5.74) is 2.04. The van der Waals surface area contributed by atoms with Gasteiger partial charge in [-0.05, 0) is 55.8 Å². The Labute approximate surface area is 165 Å². The van der Waals surface area contributed by atoms with Crippen LogP contribution < -0.4 is 4.90 Å². The highest BCUT2D eigenvalue weighted by Crippen LogP contribution is 2.28. The highest BCUT2D eigenvalue weighted by atomic mass is 19.1. The van der Waals surface area contributed by atoms with E-state index >= 15 is 0 Å². The molecular weight excluding hydrogens is 355 g/mol. The first-order valence-electron chi connectivity index (χ1n) is 10.2. The molecule has 1 aromatic carbocycles. The van der Waals surface area contributed by atoms with E-state index < -0.39 is 0 Å². The molecule has 0 bridgehead atoms. The first-order chi connectivity index (χ1) is 13.7. The zero-order valence-corrected chi connectivity index (χ0v) is 16.1. The molecule has 0 spiro atoms. The van der Waals surface area contributed by atoms with Crippen molar-refractivity contribution in [3.8, 4) is 0 Å². The van der Waals surface area contributed by atoms with Crippen LogP contribution in [-0.4, -0.2) is 60.0 Å². The highest BCUT2D eigenvalue weighted by molar-refractivity contribution is 5.83. The average molecular weight is 382 g/mol. The van der Waals surface area contributed by atoms with Crippen LogP contribution in [-0.2, 0) is 4.79 Å². The van der Waals surface area contributed by atoms with Crippen LogP contribution in [0.5, 0.6) is 0 Å². The third kappa shape index (κ3) is 4.17. The summed E-state index contributed by atoms with van der Waals surface area (Å²) in [6, 6.07) is 10.1. The molecule has 6 heteroatoms. The molecule has 1 unspecified atom stereocenters. The van der Waals surface area contributed by atoms with Gasteiger partial charge in [-0.25, -0.2) is 4.39 Å². The lowest BCUT2D eigenvalue weighted by molar-refractivity contribution is -0.138. The van der Waals surface area contributed by atoms with Crippen LogP contribution >= 0.6 is 0 Å². The largest absolute Gasteiger partial charge is 0.368 e. The summed E-state index contributed by atoms with van der Waals surface area (Å²) in [5.74, 6) is -0.123. The van der Waals surface area contributed by atoms with Gasteiger partial charge in [-0.3, -0.25) is 14.7 Å². The molecule has 4 rings (SSSR count). The lowest BCUT2D eigenvalue weighted by Gasteiger charge is -2.41. The number of carbonyl (C=O) groups excluding carboxylic acids is 1. The number of aromatic nitrogens is 1. The molecule has 28 heavy (non-hydrogen) atoms. The van der Waals surface area contributed by atoms with Gasteiger partial charge in [0, 0.05) is 44.3 Å². The van der Waals surface area contributed by atoms with Gasteiger partial charge in [0.15, 0.2) is 0 Å². The highest BCUT2D eigenvalue weighted by Gasteiger charge is 2.33. The van der Waals surface area contributed by atoms with Crippen LogP contribution in [0.4, 0.5) is 10.1 Å². The van der Waals surface area contributed by atoms with Crippen LogP contribution in [0.25, 0.3) is 0 Å². The van der Waals surface area contributed by atoms with E-state index in [0.717, 1.165) is 50.3 Å². The van der Waals surface area contributed by atoms with Crippen molar-refractivity contribution in [1.29, 1.82) is 0 Å². The van der Waals surface area contributed by atoms with E-state index in [4.69, 9.17) is 0 Å². The smallest absolute Gasteiger partial charge is 0.244 e. The first kappa shape index (κ1) is 18.9. The molecule has 148 valence electrons. The molecule has 1 atom stereocenters. The molecule has 1 aromatic heterocycles. The van der Waals surface area contributed by atoms with Crippen LogP contribution in [0.1, 0.15) is 30.9 Å². The van der Waals surface area contributed by atoms with Crippen molar-refractivity contribution in [2.24, 2.45) is 0 Å². The summed E-state index contributed by atoms with van der Waals surface area (Å²) in [5, 5.41) is 0. The number of hydrogen-bond acceptors (Lipinski definition) is 4. The Morgan fingerprint density at radius 3 is 2.14 bits per heavy atom. The number of rotatable bonds is 4. The maximum Gasteiger partial charge on any atom is 0.244 e. The summed E-state index contributed by atoms with van der Waals surface area (Å²) >= 11 is 0. The quantitative estimate of drug-likeness (QED) is 0.815. The van der Waals surface area contributed by atoms with Crippen molar-refractivity contribution in [2.45, 2.75) is 25.3 Å². The number of likely N-dealkylation sites (tertiary alicyclic amines) is 1. The number of pyridine rings is 1. The Balaban J connectivity index is 1.48. The summed E-state index contributed by atoms with van der Waals surface area (Å²) in [6.45, 7) is 4.87. The van der Waals surface area contributed by atoms with Gasteiger partial charge >= 0.3 is 0 Å². The van der Waals surface area contributed by atoms with Gasteiger partial charge in [0.05, 0.1) is 0 Å². The standard InChI is InChI=1S/C22H27FN4O/c23-19-6-4-18(5-7-19)21(26-12-2-1-3-13-26)22(28)27-16-14-25(15-17-27)20-8-10-24-11-9-20/h4-11,21H,1-3,12-17H2. The van der Waals surface area contributed by atoms with Gasteiger partial charge in [-0.1, -0.05) is 18.6 Å². The predicted octanol–water partition coefficient (Wildman–Crippen LogP) is 3.10. The maximum absolute atomic E-state index is 13.5. The lowest BCUT2D eigenvalue weighted by Crippen LogP contribution is -2.52. The monoisotopic (exact) mass is 382 g/mol. The van der Waals surface area contributed by atoms with E-state index in [0.29, 0.717) is 13.1 Å². The predicted molar refractivity (Wildman–Crippen MR) is 108 cm³/mol. The second-order valence-electron chi connectivity index (χ2n) is 7.57. The number of hydrogen-bond donors (Lipinski definition) is 0. The normalized spacial score (nSPS) is 19.5. The van der Waals surface area contributed by atoms with Gasteiger partial charge in [-0.15, -0.1) is 0 Å². The molecule has 2 aromatic rings. The Bertz CT molecular complexity index is 769. The van der Waals surface area contributed by atoms with Crippen molar-refractivity contribution in [1.82, 2.24) is 14.8 Å². The van der Waals surface area contributed by atoms with Crippen molar-refractivity contribution >= 4 is 11.6 Å². The van der Waals surface area contributed by atoms with Gasteiger partial charge in [0.25, 0.3) is 0 Å². The number of piperazine rings is 1. The second kappa shape index (κ2) is 8.69. The minimum Gasteiger partial charge on any atom is -0.368 e. The van der Waals surface area contributed by atoms with E-state index in [1.165, 1.54) is 18.6 Å². The molecule has 2 fully saturated rings. The molecule has 2 saturated heterocycles. The van der Waals surface area contributed by atoms with E-state index in [1.807, 2.05) is 17.0 Å². The van der Waals surface area contributed by atoms with Crippen molar-refractivity contribution < 1.29 is 9.18 Å². The van der Waals surface area contributed by atoms with Gasteiger partial charge in [0.1, 0.15) is 11.9 Å². The van der Waals surface area contributed by atoms with Crippen LogP contribution in [0, 0.1) is 5.82 Å². The second-order valence-corrected chi connectivity index (χ2v) is 7.57. The maximum atomic E-state index is 13.5. The van der Waals surface area contributed by atoms with Gasteiger partial charge in [-0.2, -0.15) is 0 Å². The fourth-order valence-corrected chi connectivity index (χ4v) is 4.24. The summed E-state index contributed by atoms with van der Waals surface area (Å²) in [6.07, 6.45) is 7.04. The summed E-state index contributed by atoms with van der Waals surface area (Å²) < 4.78 is 13.4. The molecule has 2 aliphatic heterocycles. The molecule has 2 aliphatic rings. The molecule has 1 amide bonds. The van der Waals surface area contributed by atoms with Crippen LogP contribution in [0.3, 0.4) is 0 Å². The topological polar surface area (TPSA) is 39.7 Å². The zero-order valence-electron chi connectivity index (χ0n) is 16.1. The molecule has 0 saturated carbocycles. The molecule has 0 N–H and O–H groups in total. The minimum atomic E-state index is -0.312. The molecular formula is C22H27FN4O. The summed E-state index contributed by atoms with van der Waals surface area (Å²) in [7, 11) is 0. The Morgan fingerprint density at radius 2 is 1.50 bits per heavy atom. The average Bonchev–Trinajstić information content (AvgIpc) is 2.77. The third-order valence-electron chi connectivity index (χ3n) is 5.79. The number of benzene rings is 1. The van der Waals surface area contributed by atoms with Crippen LogP contribution in [0.2, 0.25) is 0 Å². The third-order valence-corrected chi connectivity index (χ3v) is 5.79. The number of nitrogens with zero attached hydrogens (tertiary/aromatic N) is 4.